The van der Waals surface area contributed by atoms with Gasteiger partial charge in [-0.1, -0.05) is 12.2 Å². The maximum atomic E-state index is 12.6. The van der Waals surface area contributed by atoms with E-state index < -0.39 is 0 Å². The molecule has 1 aromatic rings. The summed E-state index contributed by atoms with van der Waals surface area (Å²) in [6.45, 7) is 2.48. The van der Waals surface area contributed by atoms with Gasteiger partial charge in [-0.25, -0.2) is 0 Å². The number of aryl methyl sites for hydroxylation is 1. The molecule has 0 N–H and O–H groups in total. The highest BCUT2D eigenvalue weighted by atomic mass is 16.2. The van der Waals surface area contributed by atoms with Gasteiger partial charge in [0.05, 0.1) is 24.5 Å². The van der Waals surface area contributed by atoms with Crippen LogP contribution in [0.4, 0.5) is 0 Å². The summed E-state index contributed by atoms with van der Waals surface area (Å²) < 4.78 is 2.15. The number of amides is 1. The first-order chi connectivity index (χ1) is 9.83. The molecule has 0 spiro atoms. The highest BCUT2D eigenvalue weighted by molar-refractivity contribution is 5.79. The first kappa shape index (κ1) is 12.2. The number of hydrogen-bond donors (Lipinski definition) is 0. The van der Waals surface area contributed by atoms with E-state index in [0.29, 0.717) is 5.91 Å². The van der Waals surface area contributed by atoms with Crippen LogP contribution in [0.5, 0.6) is 0 Å². The Balaban J connectivity index is 1.54. The first-order valence-electron chi connectivity index (χ1n) is 7.84. The standard InChI is InChI=1S/C16H21N3O/c20-16(12-5-2-1-3-6-12)18-9-10-19-15(11-18)13-7-4-8-14(13)17-19/h1-2,12H,3-11H2/t12-/m0/s1. The Hall–Kier alpha value is -1.58. The van der Waals surface area contributed by atoms with Gasteiger partial charge in [0.2, 0.25) is 5.91 Å². The van der Waals surface area contributed by atoms with Crippen LogP contribution in [0.15, 0.2) is 12.2 Å². The molecular weight excluding hydrogens is 250 g/mol. The van der Waals surface area contributed by atoms with Gasteiger partial charge in [-0.15, -0.1) is 0 Å². The largest absolute Gasteiger partial charge is 0.335 e. The molecule has 20 heavy (non-hydrogen) atoms. The van der Waals surface area contributed by atoms with Crippen molar-refractivity contribution in [3.63, 3.8) is 0 Å². The van der Waals surface area contributed by atoms with Crippen molar-refractivity contribution in [3.8, 4) is 0 Å². The van der Waals surface area contributed by atoms with E-state index in [0.717, 1.165) is 51.7 Å². The Morgan fingerprint density at radius 1 is 1.25 bits per heavy atom. The molecule has 1 aliphatic heterocycles. The monoisotopic (exact) mass is 271 g/mol. The third-order valence-corrected chi connectivity index (χ3v) is 4.94. The fourth-order valence-corrected chi connectivity index (χ4v) is 3.81. The van der Waals surface area contributed by atoms with Crippen LogP contribution in [0.2, 0.25) is 0 Å². The van der Waals surface area contributed by atoms with Crippen LogP contribution in [0, 0.1) is 5.92 Å². The van der Waals surface area contributed by atoms with Gasteiger partial charge < -0.3 is 4.90 Å². The lowest BCUT2D eigenvalue weighted by atomic mass is 9.93. The van der Waals surface area contributed by atoms with Crippen molar-refractivity contribution in [2.45, 2.75) is 51.6 Å². The van der Waals surface area contributed by atoms with E-state index in [1.807, 2.05) is 0 Å². The molecule has 0 saturated carbocycles. The minimum absolute atomic E-state index is 0.211. The third kappa shape index (κ3) is 1.89. The van der Waals surface area contributed by atoms with Crippen molar-refractivity contribution < 1.29 is 4.79 Å². The predicted octanol–water partition coefficient (Wildman–Crippen LogP) is 2.07. The van der Waals surface area contributed by atoms with E-state index in [4.69, 9.17) is 5.10 Å². The smallest absolute Gasteiger partial charge is 0.226 e. The third-order valence-electron chi connectivity index (χ3n) is 4.94. The summed E-state index contributed by atoms with van der Waals surface area (Å²) in [5, 5.41) is 4.71. The minimum atomic E-state index is 0.211. The second-order valence-electron chi connectivity index (χ2n) is 6.19. The van der Waals surface area contributed by atoms with Gasteiger partial charge in [0.25, 0.3) is 0 Å². The average Bonchev–Trinajstić information content (AvgIpc) is 3.07. The molecule has 0 saturated heterocycles. The highest BCUT2D eigenvalue weighted by Crippen LogP contribution is 2.29. The number of fused-ring (bicyclic) bond motifs is 3. The van der Waals surface area contributed by atoms with E-state index in [9.17, 15) is 4.79 Å². The van der Waals surface area contributed by atoms with Crippen LogP contribution >= 0.6 is 0 Å². The predicted molar refractivity (Wildman–Crippen MR) is 76.2 cm³/mol. The van der Waals surface area contributed by atoms with Crippen LogP contribution in [0.25, 0.3) is 0 Å². The molecule has 3 aliphatic rings. The zero-order valence-electron chi connectivity index (χ0n) is 11.8. The van der Waals surface area contributed by atoms with Gasteiger partial charge in [0, 0.05) is 12.5 Å². The summed E-state index contributed by atoms with van der Waals surface area (Å²) in [4.78, 5) is 14.7. The molecule has 4 nitrogen and oxygen atoms in total. The molecule has 2 heterocycles. The molecule has 1 atom stereocenters. The molecule has 4 heteroatoms. The number of carbonyl (C=O) groups is 1. The minimum Gasteiger partial charge on any atom is -0.335 e. The number of hydrogen-bond acceptors (Lipinski definition) is 2. The van der Waals surface area contributed by atoms with Crippen molar-refractivity contribution >= 4 is 5.91 Å². The van der Waals surface area contributed by atoms with Gasteiger partial charge in [0.1, 0.15) is 0 Å². The lowest BCUT2D eigenvalue weighted by Crippen LogP contribution is -2.42. The summed E-state index contributed by atoms with van der Waals surface area (Å²) in [7, 11) is 0. The molecule has 0 aromatic carbocycles. The van der Waals surface area contributed by atoms with Crippen LogP contribution < -0.4 is 0 Å². The summed E-state index contributed by atoms with van der Waals surface area (Å²) in [6, 6.07) is 0. The van der Waals surface area contributed by atoms with E-state index >= 15 is 0 Å². The maximum absolute atomic E-state index is 12.6. The van der Waals surface area contributed by atoms with E-state index in [1.165, 1.54) is 23.4 Å². The molecule has 106 valence electrons. The van der Waals surface area contributed by atoms with E-state index in [1.54, 1.807) is 0 Å². The van der Waals surface area contributed by atoms with Crippen molar-refractivity contribution in [1.82, 2.24) is 14.7 Å². The lowest BCUT2D eigenvalue weighted by molar-refractivity contribution is -0.137. The Morgan fingerprint density at radius 2 is 2.20 bits per heavy atom. The Morgan fingerprint density at radius 3 is 3.05 bits per heavy atom. The fraction of sp³-hybridized carbons (Fsp3) is 0.625. The van der Waals surface area contributed by atoms with Crippen molar-refractivity contribution in [2.24, 2.45) is 5.92 Å². The van der Waals surface area contributed by atoms with Crippen LogP contribution in [-0.2, 0) is 30.7 Å². The number of nitrogens with zero attached hydrogens (tertiary/aromatic N) is 3. The van der Waals surface area contributed by atoms with Crippen molar-refractivity contribution in [3.05, 3.63) is 29.1 Å². The molecule has 0 radical (unpaired) electrons. The lowest BCUT2D eigenvalue weighted by Gasteiger charge is -2.32. The summed E-state index contributed by atoms with van der Waals surface area (Å²) >= 11 is 0. The summed E-state index contributed by atoms with van der Waals surface area (Å²) in [6.07, 6.45) is 10.9. The van der Waals surface area contributed by atoms with E-state index in [-0.39, 0.29) is 5.92 Å². The van der Waals surface area contributed by atoms with Gasteiger partial charge in [-0.05, 0) is 44.1 Å². The molecular formula is C16H21N3O. The SMILES string of the molecule is O=C([C@H]1CC=CCC1)N1CCn2nc3c(c2C1)CCC3. The van der Waals surface area contributed by atoms with Crippen molar-refractivity contribution in [2.75, 3.05) is 6.54 Å². The topological polar surface area (TPSA) is 38.1 Å². The number of rotatable bonds is 1. The maximum Gasteiger partial charge on any atom is 0.226 e. The van der Waals surface area contributed by atoms with Gasteiger partial charge >= 0.3 is 0 Å². The number of allylic oxidation sites excluding steroid dienone is 2. The second-order valence-corrected chi connectivity index (χ2v) is 6.19. The first-order valence-corrected chi connectivity index (χ1v) is 7.84. The molecule has 1 aromatic heterocycles. The molecule has 0 fully saturated rings. The normalized spacial score (nSPS) is 24.6. The Kier molecular flexibility index (Phi) is 2.90. The number of carbonyl (C=O) groups excluding carboxylic acids is 1. The van der Waals surface area contributed by atoms with Crippen LogP contribution in [0.3, 0.4) is 0 Å². The van der Waals surface area contributed by atoms with Crippen molar-refractivity contribution in [1.29, 1.82) is 0 Å². The molecule has 0 bridgehead atoms. The highest BCUT2D eigenvalue weighted by Gasteiger charge is 2.31. The van der Waals surface area contributed by atoms with Gasteiger partial charge in [-0.2, -0.15) is 5.10 Å². The van der Waals surface area contributed by atoms with Crippen LogP contribution in [-0.4, -0.2) is 27.1 Å². The second kappa shape index (κ2) is 4.76. The fourth-order valence-electron chi connectivity index (χ4n) is 3.81. The zero-order chi connectivity index (χ0) is 13.5. The summed E-state index contributed by atoms with van der Waals surface area (Å²) in [5.74, 6) is 0.566. The Labute approximate surface area is 119 Å². The van der Waals surface area contributed by atoms with E-state index in [2.05, 4.69) is 21.7 Å². The average molecular weight is 271 g/mol. The van der Waals surface area contributed by atoms with Gasteiger partial charge in [-0.3, -0.25) is 9.48 Å². The summed E-state index contributed by atoms with van der Waals surface area (Å²) in [5.41, 5.74) is 4.03. The molecule has 2 aliphatic carbocycles. The van der Waals surface area contributed by atoms with Crippen LogP contribution in [0.1, 0.15) is 42.6 Å². The number of aromatic nitrogens is 2. The quantitative estimate of drug-likeness (QED) is 0.733. The molecule has 1 amide bonds. The zero-order valence-corrected chi connectivity index (χ0v) is 11.8. The van der Waals surface area contributed by atoms with Gasteiger partial charge in [0.15, 0.2) is 0 Å². The molecule has 0 unspecified atom stereocenters. The Bertz CT molecular complexity index is 573. The molecule has 4 rings (SSSR count).